The molecular formula is C50H56B4N6OS. The zero-order valence-electron chi connectivity index (χ0n) is 37.9. The molecule has 0 aliphatic carbocycles. The summed E-state index contributed by atoms with van der Waals surface area (Å²) >= 11 is 1.56. The molecule has 0 bridgehead atoms. The minimum atomic E-state index is 0.511. The normalized spacial score (nSPS) is 13.7. The molecule has 4 rings (SSSR count). The Kier molecular flexibility index (Phi) is 18.5. The van der Waals surface area contributed by atoms with Crippen molar-refractivity contribution in [3.63, 3.8) is 0 Å². The van der Waals surface area contributed by atoms with Gasteiger partial charge in [-0.3, -0.25) is 4.57 Å². The molecule has 62 heavy (non-hydrogen) atoms. The average molecular weight is 832 g/mol. The SMILES string of the molecule is C=C/C=C\C(=B/C)c1nc(/C(C=C)=C/C=B\C)nc(C(=C/C)/C=c2/nc(C(/C=C(C)/C(C)=C/c3c(/C=C\C=C)c(C)n(-c4nc(/C=C\C)c(C=C)o4)c3BC)=C/BC)sc2=C)n1. The van der Waals surface area contributed by atoms with Crippen molar-refractivity contribution in [2.24, 2.45) is 0 Å². The van der Waals surface area contributed by atoms with Crippen LogP contribution in [0, 0.1) is 6.92 Å². The van der Waals surface area contributed by atoms with Crippen molar-refractivity contribution >= 4 is 110 Å². The van der Waals surface area contributed by atoms with Gasteiger partial charge in [0.15, 0.2) is 13.0 Å². The number of hydrogen-bond acceptors (Lipinski definition) is 7. The molecule has 0 N–H and O–H groups in total. The Morgan fingerprint density at radius 1 is 0.855 bits per heavy atom. The standard InChI is InChI=1S/C50H56B4N6OS/c1-15-21-24-39-34(9)60(50-56-42(23-17-3)44(20-6)61-50)45(54-14)40(39)29-33(8)32(7)28-38(31-52-12)49-55-43(35(10)62-49)30-37(19-5)47-57-46(36(18-4)26-27-51-11)58-48(59-47)41(53-13)25-22-16-2/h15-31,52,54H,1-2,4,6,10H2,3,5,7-9,11-14H3/b23-17-,24-21-,25-22-,32-28+,33-29+,36-26+,37-19+,38-31+,43-30+. The van der Waals surface area contributed by atoms with Gasteiger partial charge in [0.05, 0.1) is 0 Å². The van der Waals surface area contributed by atoms with E-state index < -0.39 is 0 Å². The van der Waals surface area contributed by atoms with Crippen LogP contribution in [0.15, 0.2) is 109 Å². The van der Waals surface area contributed by atoms with E-state index in [1.807, 2.05) is 95.9 Å². The van der Waals surface area contributed by atoms with Crippen LogP contribution in [-0.4, -0.2) is 69.3 Å². The summed E-state index contributed by atoms with van der Waals surface area (Å²) in [4.78, 5) is 24.7. The Balaban J connectivity index is 1.85. The Labute approximate surface area is 375 Å². The fourth-order valence-electron chi connectivity index (χ4n) is 6.59. The fraction of sp³-hybridized carbons (Fsp3) is 0.180. The van der Waals surface area contributed by atoms with Crippen LogP contribution >= 0.6 is 11.3 Å². The number of aromatic nitrogens is 6. The van der Waals surface area contributed by atoms with Crippen molar-refractivity contribution < 1.29 is 4.42 Å². The third-order valence-corrected chi connectivity index (χ3v) is 10.9. The van der Waals surface area contributed by atoms with Crippen LogP contribution < -0.4 is 15.5 Å². The van der Waals surface area contributed by atoms with E-state index in [9.17, 15) is 0 Å². The molecule has 0 saturated heterocycles. The molecule has 4 aromatic rings. The van der Waals surface area contributed by atoms with Crippen molar-refractivity contribution in [2.75, 3.05) is 0 Å². The molecule has 0 radical (unpaired) electrons. The first-order valence-corrected chi connectivity index (χ1v) is 21.7. The fourth-order valence-corrected chi connectivity index (χ4v) is 7.43. The molecule has 12 heteroatoms. The first-order valence-electron chi connectivity index (χ1n) is 20.9. The van der Waals surface area contributed by atoms with E-state index in [4.69, 9.17) is 29.3 Å². The number of thiazole rings is 1. The number of nitrogens with zero attached hydrogens (tertiary/aromatic N) is 6. The second-order valence-electron chi connectivity index (χ2n) is 14.0. The molecule has 0 unspecified atom stereocenters. The van der Waals surface area contributed by atoms with Gasteiger partial charge in [-0.1, -0.05) is 57.2 Å². The monoisotopic (exact) mass is 832 g/mol. The van der Waals surface area contributed by atoms with Gasteiger partial charge in [-0.15, -0.1) is 0 Å². The Morgan fingerprint density at radius 3 is 2.16 bits per heavy atom. The second kappa shape index (κ2) is 23.7. The molecule has 0 spiro atoms. The molecule has 0 aliphatic heterocycles. The van der Waals surface area contributed by atoms with Crippen LogP contribution in [-0.2, 0) is 0 Å². The second-order valence-corrected chi connectivity index (χ2v) is 15.1. The third kappa shape index (κ3) is 11.6. The van der Waals surface area contributed by atoms with E-state index in [1.54, 1.807) is 35.6 Å². The van der Waals surface area contributed by atoms with Gasteiger partial charge in [0, 0.05) is 11.3 Å². The van der Waals surface area contributed by atoms with E-state index >= 15 is 0 Å². The zero-order chi connectivity index (χ0) is 45.3. The third-order valence-electron chi connectivity index (χ3n) is 9.88. The van der Waals surface area contributed by atoms with Gasteiger partial charge in [0.1, 0.15) is 5.69 Å². The molecule has 4 heterocycles. The van der Waals surface area contributed by atoms with Gasteiger partial charge in [0.25, 0.3) is 0 Å². The van der Waals surface area contributed by atoms with E-state index in [-0.39, 0.29) is 0 Å². The van der Waals surface area contributed by atoms with E-state index in [0.717, 1.165) is 90.9 Å². The quantitative estimate of drug-likeness (QED) is 0.0695. The van der Waals surface area contributed by atoms with Crippen LogP contribution in [0.3, 0.4) is 0 Å². The molecule has 0 aliphatic rings. The van der Waals surface area contributed by atoms with Crippen LogP contribution in [0.1, 0.15) is 78.5 Å². The maximum atomic E-state index is 6.27. The number of rotatable bonds is 19. The van der Waals surface area contributed by atoms with Crippen molar-refractivity contribution in [3.05, 3.63) is 165 Å². The van der Waals surface area contributed by atoms with Crippen LogP contribution in [0.5, 0.6) is 0 Å². The molecule has 0 fully saturated rings. The van der Waals surface area contributed by atoms with Crippen molar-refractivity contribution in [1.29, 1.82) is 0 Å². The number of allylic oxidation sites excluding steroid dienone is 15. The summed E-state index contributed by atoms with van der Waals surface area (Å²) in [6, 6.07) is 0.511. The molecule has 0 aromatic carbocycles. The summed E-state index contributed by atoms with van der Waals surface area (Å²) in [5.41, 5.74) is 10.7. The Hall–Kier alpha value is -6.25. The summed E-state index contributed by atoms with van der Waals surface area (Å²) in [7, 11) is 1.59. The average Bonchev–Trinajstić information content (AvgIpc) is 3.93. The number of oxazole rings is 1. The van der Waals surface area contributed by atoms with Gasteiger partial charge in [-0.05, 0) is 56.6 Å². The summed E-state index contributed by atoms with van der Waals surface area (Å²) in [5, 5.41) is 1.63. The zero-order valence-corrected chi connectivity index (χ0v) is 38.7. The van der Waals surface area contributed by atoms with Crippen molar-refractivity contribution in [1.82, 2.24) is 29.5 Å². The first kappa shape index (κ1) is 48.4. The molecule has 310 valence electrons. The van der Waals surface area contributed by atoms with Crippen molar-refractivity contribution in [2.45, 2.75) is 61.9 Å². The minimum absolute atomic E-state index is 0.511. The maximum absolute atomic E-state index is 6.27. The number of hydrogen-bond donors (Lipinski definition) is 0. The van der Waals surface area contributed by atoms with Gasteiger partial charge in [-0.2, -0.15) is 4.98 Å². The Morgan fingerprint density at radius 2 is 1.56 bits per heavy atom. The van der Waals surface area contributed by atoms with Crippen LogP contribution in [0.25, 0.3) is 59.7 Å². The van der Waals surface area contributed by atoms with Crippen molar-refractivity contribution in [3.8, 4) is 6.01 Å². The summed E-state index contributed by atoms with van der Waals surface area (Å²) in [6.07, 6.45) is 29.1. The van der Waals surface area contributed by atoms with E-state index in [2.05, 4.69) is 96.1 Å². The molecule has 0 amide bonds. The molecule has 7 nitrogen and oxygen atoms in total. The first-order chi connectivity index (χ1) is 30.0. The predicted molar refractivity (Wildman–Crippen MR) is 281 cm³/mol. The molecule has 0 saturated carbocycles. The molecular weight excluding hydrogens is 776 g/mol. The predicted octanol–water partition coefficient (Wildman–Crippen LogP) is 8.71. The van der Waals surface area contributed by atoms with Gasteiger partial charge >= 0.3 is 219 Å². The van der Waals surface area contributed by atoms with Gasteiger partial charge < -0.3 is 4.42 Å². The van der Waals surface area contributed by atoms with E-state index in [0.29, 0.717) is 29.2 Å². The topological polar surface area (TPSA) is 82.5 Å². The Bertz CT molecular complexity index is 2780. The molecule has 0 atom stereocenters. The van der Waals surface area contributed by atoms with Gasteiger partial charge in [-0.25, -0.2) is 0 Å². The summed E-state index contributed by atoms with van der Waals surface area (Å²) in [6.45, 7) is 42.6. The summed E-state index contributed by atoms with van der Waals surface area (Å²) < 4.78 is 9.22. The van der Waals surface area contributed by atoms with E-state index in [1.165, 1.54) is 0 Å². The molecule has 4 aromatic heterocycles. The van der Waals surface area contributed by atoms with Gasteiger partial charge in [0.2, 0.25) is 0 Å². The van der Waals surface area contributed by atoms with Crippen LogP contribution in [0.4, 0.5) is 0 Å². The van der Waals surface area contributed by atoms with Crippen LogP contribution in [0.2, 0.25) is 27.3 Å². The summed E-state index contributed by atoms with van der Waals surface area (Å²) in [5.74, 6) is 6.36.